The van der Waals surface area contributed by atoms with Gasteiger partial charge in [0.05, 0.1) is 18.8 Å². The van der Waals surface area contributed by atoms with E-state index in [1.807, 2.05) is 0 Å². The first kappa shape index (κ1) is 15.5. The molecule has 0 aliphatic rings. The van der Waals surface area contributed by atoms with E-state index in [4.69, 9.17) is 10.2 Å². The van der Waals surface area contributed by atoms with Crippen molar-refractivity contribution in [3.63, 3.8) is 0 Å². The molecule has 2 N–H and O–H groups in total. The number of amides is 1. The van der Waals surface area contributed by atoms with Gasteiger partial charge < -0.3 is 15.1 Å². The second-order valence-corrected chi connectivity index (χ2v) is 5.41. The molecule has 2 rings (SSSR count). The highest BCUT2D eigenvalue weighted by atomic mass is 79.9. The molecule has 0 radical (unpaired) electrons. The molecule has 0 spiro atoms. The Bertz CT molecular complexity index is 744. The molecule has 1 amide bonds. The summed E-state index contributed by atoms with van der Waals surface area (Å²) in [5.41, 5.74) is 0.967. The van der Waals surface area contributed by atoms with Crippen LogP contribution in [0.5, 0.6) is 0 Å². The number of hydrogen-bond donors (Lipinski definition) is 2. The van der Waals surface area contributed by atoms with Gasteiger partial charge in [0, 0.05) is 22.8 Å². The van der Waals surface area contributed by atoms with Crippen molar-refractivity contribution in [1.29, 1.82) is 0 Å². The van der Waals surface area contributed by atoms with Crippen LogP contribution in [-0.2, 0) is 6.54 Å². The number of halogens is 1. The van der Waals surface area contributed by atoms with Crippen LogP contribution in [0.1, 0.15) is 11.3 Å². The third kappa shape index (κ3) is 3.22. The molecule has 2 aromatic heterocycles. The van der Waals surface area contributed by atoms with Gasteiger partial charge in [-0.25, -0.2) is 9.78 Å². The van der Waals surface area contributed by atoms with Gasteiger partial charge in [0.2, 0.25) is 0 Å². The first-order valence-electron chi connectivity index (χ1n) is 6.20. The van der Waals surface area contributed by atoms with Gasteiger partial charge in [-0.2, -0.15) is 0 Å². The first-order valence-corrected chi connectivity index (χ1v) is 6.99. The van der Waals surface area contributed by atoms with Gasteiger partial charge in [0.1, 0.15) is 5.65 Å². The summed E-state index contributed by atoms with van der Waals surface area (Å²) in [6.45, 7) is 1.25. The maximum Gasteiger partial charge on any atom is 0.407 e. The van der Waals surface area contributed by atoms with Gasteiger partial charge in [0.15, 0.2) is 0 Å². The van der Waals surface area contributed by atoms with E-state index in [1.165, 1.54) is 4.40 Å². The first-order chi connectivity index (χ1) is 9.93. The summed E-state index contributed by atoms with van der Waals surface area (Å²) < 4.78 is 2.18. The quantitative estimate of drug-likeness (QED) is 0.860. The number of carboxylic acid groups (broad SMARTS) is 1. The smallest absolute Gasteiger partial charge is 0.407 e. The van der Waals surface area contributed by atoms with Crippen LogP contribution in [0.25, 0.3) is 5.65 Å². The van der Waals surface area contributed by atoms with Gasteiger partial charge in [0.25, 0.3) is 5.56 Å². The molecule has 0 bridgehead atoms. The molecule has 0 saturated heterocycles. The normalized spacial score (nSPS) is 10.8. The maximum atomic E-state index is 12.3. The largest absolute Gasteiger partial charge is 0.465 e. The second kappa shape index (κ2) is 6.23. The van der Waals surface area contributed by atoms with Gasteiger partial charge in [-0.05, 0) is 19.1 Å². The Labute approximate surface area is 128 Å². The third-order valence-corrected chi connectivity index (χ3v) is 3.59. The molecule has 0 unspecified atom stereocenters. The van der Waals surface area contributed by atoms with E-state index in [0.717, 1.165) is 9.37 Å². The summed E-state index contributed by atoms with van der Waals surface area (Å²) in [6, 6.07) is 3.41. The molecule has 2 heterocycles. The Balaban J connectivity index is 2.51. The predicted octanol–water partition coefficient (Wildman–Crippen LogP) is 1.24. The van der Waals surface area contributed by atoms with Crippen LogP contribution in [-0.4, -0.2) is 43.7 Å². The van der Waals surface area contributed by atoms with Gasteiger partial charge in [-0.3, -0.25) is 9.20 Å². The van der Waals surface area contributed by atoms with E-state index in [-0.39, 0.29) is 25.3 Å². The number of aromatic nitrogens is 2. The molecule has 8 heteroatoms. The maximum absolute atomic E-state index is 12.3. The number of hydrogen-bond acceptors (Lipinski definition) is 4. The fourth-order valence-electron chi connectivity index (χ4n) is 1.94. The Morgan fingerprint density at radius 3 is 2.86 bits per heavy atom. The van der Waals surface area contributed by atoms with Crippen LogP contribution in [0.3, 0.4) is 0 Å². The molecule has 0 aliphatic carbocycles. The van der Waals surface area contributed by atoms with Crippen molar-refractivity contribution < 1.29 is 15.0 Å². The average Bonchev–Trinajstić information content (AvgIpc) is 2.43. The Morgan fingerprint density at radius 1 is 1.52 bits per heavy atom. The van der Waals surface area contributed by atoms with Crippen molar-refractivity contribution in [2.45, 2.75) is 13.5 Å². The van der Waals surface area contributed by atoms with Gasteiger partial charge >= 0.3 is 6.09 Å². The van der Waals surface area contributed by atoms with E-state index in [9.17, 15) is 9.59 Å². The molecule has 0 aromatic carbocycles. The van der Waals surface area contributed by atoms with Crippen molar-refractivity contribution >= 4 is 27.7 Å². The van der Waals surface area contributed by atoms with Crippen molar-refractivity contribution in [2.24, 2.45) is 0 Å². The fraction of sp³-hybridized carbons (Fsp3) is 0.308. The number of pyridine rings is 1. The molecule has 0 fully saturated rings. The van der Waals surface area contributed by atoms with Crippen molar-refractivity contribution in [1.82, 2.24) is 14.3 Å². The molecular formula is C13H14BrN3O4. The zero-order valence-electron chi connectivity index (χ0n) is 11.3. The molecule has 0 saturated carbocycles. The lowest BCUT2D eigenvalue weighted by molar-refractivity contribution is 0.128. The second-order valence-electron chi connectivity index (χ2n) is 4.49. The van der Waals surface area contributed by atoms with E-state index >= 15 is 0 Å². The van der Waals surface area contributed by atoms with E-state index in [2.05, 4.69) is 20.9 Å². The minimum atomic E-state index is -1.17. The molecule has 2 aromatic rings. The summed E-state index contributed by atoms with van der Waals surface area (Å²) in [5, 5.41) is 18.0. The van der Waals surface area contributed by atoms with Crippen molar-refractivity contribution in [2.75, 3.05) is 13.2 Å². The molecule has 0 atom stereocenters. The zero-order valence-corrected chi connectivity index (χ0v) is 12.9. The molecule has 112 valence electrons. The topological polar surface area (TPSA) is 95.1 Å². The summed E-state index contributed by atoms with van der Waals surface area (Å²) in [7, 11) is 0. The molecule has 0 aliphatic heterocycles. The Kier molecular flexibility index (Phi) is 4.59. The van der Waals surface area contributed by atoms with Crippen molar-refractivity contribution in [3.8, 4) is 0 Å². The zero-order chi connectivity index (χ0) is 15.6. The number of rotatable bonds is 4. The molecule has 21 heavy (non-hydrogen) atoms. The average molecular weight is 356 g/mol. The lowest BCUT2D eigenvalue weighted by Gasteiger charge is -2.18. The molecular weight excluding hydrogens is 342 g/mol. The van der Waals surface area contributed by atoms with Crippen LogP contribution >= 0.6 is 15.9 Å². The monoisotopic (exact) mass is 355 g/mol. The van der Waals surface area contributed by atoms with Gasteiger partial charge in [-0.1, -0.05) is 15.9 Å². The predicted molar refractivity (Wildman–Crippen MR) is 79.4 cm³/mol. The van der Waals surface area contributed by atoms with Crippen LogP contribution in [0.4, 0.5) is 4.79 Å². The highest BCUT2D eigenvalue weighted by Gasteiger charge is 2.16. The highest BCUT2D eigenvalue weighted by molar-refractivity contribution is 9.10. The van der Waals surface area contributed by atoms with E-state index < -0.39 is 6.09 Å². The number of aliphatic hydroxyl groups is 1. The summed E-state index contributed by atoms with van der Waals surface area (Å²) in [4.78, 5) is 28.7. The minimum absolute atomic E-state index is 0.0334. The molecule has 7 nitrogen and oxygen atoms in total. The lowest BCUT2D eigenvalue weighted by atomic mass is 10.2. The minimum Gasteiger partial charge on any atom is -0.465 e. The third-order valence-electron chi connectivity index (χ3n) is 3.10. The summed E-state index contributed by atoms with van der Waals surface area (Å²) >= 11 is 3.31. The Hall–Kier alpha value is -1.93. The summed E-state index contributed by atoms with van der Waals surface area (Å²) in [5.74, 6) is 0. The number of nitrogens with zero attached hydrogens (tertiary/aromatic N) is 3. The van der Waals surface area contributed by atoms with E-state index in [0.29, 0.717) is 16.9 Å². The van der Waals surface area contributed by atoms with Crippen LogP contribution in [0.15, 0.2) is 27.6 Å². The van der Waals surface area contributed by atoms with Crippen LogP contribution < -0.4 is 5.56 Å². The lowest BCUT2D eigenvalue weighted by Crippen LogP contribution is -2.33. The van der Waals surface area contributed by atoms with Crippen LogP contribution in [0, 0.1) is 6.92 Å². The fourth-order valence-corrected chi connectivity index (χ4v) is 2.27. The van der Waals surface area contributed by atoms with Crippen LogP contribution in [0.2, 0.25) is 0 Å². The van der Waals surface area contributed by atoms with E-state index in [1.54, 1.807) is 25.3 Å². The Morgan fingerprint density at radius 2 is 2.24 bits per heavy atom. The van der Waals surface area contributed by atoms with Gasteiger partial charge in [-0.15, -0.1) is 0 Å². The SMILES string of the molecule is Cc1c(CN(CCO)C(=O)O)nc2cc(Br)ccn2c1=O. The highest BCUT2D eigenvalue weighted by Crippen LogP contribution is 2.13. The standard InChI is InChI=1S/C13H14BrN3O4/c1-8-10(7-16(4-5-18)13(20)21)15-11-6-9(14)2-3-17(11)12(8)19/h2-3,6,18H,4-5,7H2,1H3,(H,20,21). The number of carbonyl (C=O) groups is 1. The number of fused-ring (bicyclic) bond motifs is 1. The summed E-state index contributed by atoms with van der Waals surface area (Å²) in [6.07, 6.45) is 0.438. The number of aliphatic hydroxyl groups excluding tert-OH is 1. The van der Waals surface area contributed by atoms with Crippen molar-refractivity contribution in [3.05, 3.63) is 44.4 Å².